The van der Waals surface area contributed by atoms with Gasteiger partial charge in [0.05, 0.1) is 5.75 Å². The van der Waals surface area contributed by atoms with E-state index in [9.17, 15) is 8.42 Å². The first-order valence-corrected chi connectivity index (χ1v) is 10.1. The maximum atomic E-state index is 11.3. The van der Waals surface area contributed by atoms with Crippen LogP contribution in [0, 0.1) is 6.92 Å². The van der Waals surface area contributed by atoms with Gasteiger partial charge < -0.3 is 10.1 Å². The molecule has 136 valence electrons. The smallest absolute Gasteiger partial charge is 0.211 e. The van der Waals surface area contributed by atoms with Gasteiger partial charge in [-0.15, -0.1) is 0 Å². The predicted molar refractivity (Wildman–Crippen MR) is 101 cm³/mol. The van der Waals surface area contributed by atoms with Crippen molar-refractivity contribution in [2.75, 3.05) is 18.8 Å². The molecule has 2 N–H and O–H groups in total. The van der Waals surface area contributed by atoms with E-state index in [-0.39, 0.29) is 5.75 Å². The molecule has 0 aliphatic rings. The highest BCUT2D eigenvalue weighted by atomic mass is 32.2. The van der Waals surface area contributed by atoms with Crippen molar-refractivity contribution in [3.63, 3.8) is 0 Å². The van der Waals surface area contributed by atoms with Crippen LogP contribution in [0.1, 0.15) is 23.6 Å². The summed E-state index contributed by atoms with van der Waals surface area (Å²) in [5.41, 5.74) is 3.51. The average Bonchev–Trinajstić information content (AvgIpc) is 2.62. The molecule has 2 aromatic rings. The minimum Gasteiger partial charge on any atom is -0.489 e. The van der Waals surface area contributed by atoms with Gasteiger partial charge in [-0.2, -0.15) is 0 Å². The maximum Gasteiger partial charge on any atom is 0.211 e. The first-order valence-electron chi connectivity index (χ1n) is 8.44. The fourth-order valence-corrected chi connectivity index (χ4v) is 2.80. The van der Waals surface area contributed by atoms with Crippen LogP contribution >= 0.6 is 0 Å². The first-order chi connectivity index (χ1) is 12.0. The second-order valence-corrected chi connectivity index (χ2v) is 7.99. The van der Waals surface area contributed by atoms with Crippen LogP contribution < -0.4 is 14.8 Å². The summed E-state index contributed by atoms with van der Waals surface area (Å²) >= 11 is 0. The lowest BCUT2D eigenvalue weighted by Gasteiger charge is -2.09. The monoisotopic (exact) mass is 362 g/mol. The summed E-state index contributed by atoms with van der Waals surface area (Å²) in [4.78, 5) is 0. The molecule has 2 aromatic carbocycles. The lowest BCUT2D eigenvalue weighted by molar-refractivity contribution is 0.306. The molecule has 5 nitrogen and oxygen atoms in total. The molecule has 0 atom stereocenters. The van der Waals surface area contributed by atoms with Crippen LogP contribution in [0.25, 0.3) is 0 Å². The van der Waals surface area contributed by atoms with E-state index in [1.165, 1.54) is 5.56 Å². The molecule has 0 saturated heterocycles. The number of sulfonamides is 1. The Balaban J connectivity index is 1.70. The fraction of sp³-hybridized carbons (Fsp3) is 0.368. The summed E-state index contributed by atoms with van der Waals surface area (Å²) in [6.45, 7) is 5.91. The van der Waals surface area contributed by atoms with Crippen LogP contribution in [0.3, 0.4) is 0 Å². The highest BCUT2D eigenvalue weighted by Gasteiger charge is 2.04. The Morgan fingerprint density at radius 1 is 0.920 bits per heavy atom. The molecular formula is C19H26N2O3S. The number of aryl methyl sites for hydroxylation is 1. The van der Waals surface area contributed by atoms with Crippen molar-refractivity contribution in [1.29, 1.82) is 0 Å². The van der Waals surface area contributed by atoms with Gasteiger partial charge >= 0.3 is 0 Å². The summed E-state index contributed by atoms with van der Waals surface area (Å²) < 4.78 is 30.9. The molecule has 0 aromatic heterocycles. The predicted octanol–water partition coefficient (Wildman–Crippen LogP) is 2.60. The zero-order valence-electron chi connectivity index (χ0n) is 14.8. The van der Waals surface area contributed by atoms with Gasteiger partial charge in [0.2, 0.25) is 10.0 Å². The van der Waals surface area contributed by atoms with E-state index in [1.807, 2.05) is 24.3 Å². The number of nitrogens with one attached hydrogen (secondary N) is 2. The Bertz CT molecular complexity index is 741. The van der Waals surface area contributed by atoms with E-state index >= 15 is 0 Å². The lowest BCUT2D eigenvalue weighted by atomic mass is 10.2. The standard InChI is InChI=1S/C19H26N2O3S/c1-3-25(22,23)21-13-12-20-14-17-8-10-19(11-9-17)24-15-18-6-4-16(2)5-7-18/h4-11,20-21H,3,12-15H2,1-2H3. The number of rotatable bonds is 10. The molecule has 25 heavy (non-hydrogen) atoms. The molecule has 0 heterocycles. The van der Waals surface area contributed by atoms with Crippen LogP contribution in [-0.2, 0) is 23.2 Å². The van der Waals surface area contributed by atoms with Gasteiger partial charge in [-0.3, -0.25) is 0 Å². The van der Waals surface area contributed by atoms with Crippen LogP contribution in [-0.4, -0.2) is 27.3 Å². The molecule has 6 heteroatoms. The van der Waals surface area contributed by atoms with Crippen LogP contribution in [0.15, 0.2) is 48.5 Å². The van der Waals surface area contributed by atoms with Crippen molar-refractivity contribution in [2.24, 2.45) is 0 Å². The highest BCUT2D eigenvalue weighted by Crippen LogP contribution is 2.14. The summed E-state index contributed by atoms with van der Waals surface area (Å²) in [6.07, 6.45) is 0. The number of ether oxygens (including phenoxy) is 1. The van der Waals surface area contributed by atoms with Crippen LogP contribution in [0.2, 0.25) is 0 Å². The van der Waals surface area contributed by atoms with Gasteiger partial charge in [-0.25, -0.2) is 13.1 Å². The van der Waals surface area contributed by atoms with Crippen molar-refractivity contribution >= 4 is 10.0 Å². The normalized spacial score (nSPS) is 11.4. The second-order valence-electron chi connectivity index (χ2n) is 5.89. The van der Waals surface area contributed by atoms with Crippen LogP contribution in [0.5, 0.6) is 5.75 Å². The van der Waals surface area contributed by atoms with Gasteiger partial charge in [0.1, 0.15) is 12.4 Å². The van der Waals surface area contributed by atoms with E-state index in [4.69, 9.17) is 4.74 Å². The molecule has 2 rings (SSSR count). The summed E-state index contributed by atoms with van der Waals surface area (Å²) in [7, 11) is -3.11. The van der Waals surface area contributed by atoms with Gasteiger partial charge in [0.15, 0.2) is 0 Å². The third kappa shape index (κ3) is 7.25. The van der Waals surface area contributed by atoms with Crippen molar-refractivity contribution in [3.05, 3.63) is 65.2 Å². The number of hydrogen-bond donors (Lipinski definition) is 2. The Morgan fingerprint density at radius 2 is 1.56 bits per heavy atom. The zero-order chi connectivity index (χ0) is 18.1. The topological polar surface area (TPSA) is 67.4 Å². The molecule has 0 aliphatic carbocycles. The molecule has 0 amide bonds. The van der Waals surface area contributed by atoms with Crippen molar-refractivity contribution in [3.8, 4) is 5.75 Å². The zero-order valence-corrected chi connectivity index (χ0v) is 15.6. The van der Waals surface area contributed by atoms with Gasteiger partial charge in [0, 0.05) is 19.6 Å². The summed E-state index contributed by atoms with van der Waals surface area (Å²) in [5.74, 6) is 0.942. The molecule has 0 aliphatic heterocycles. The second kappa shape index (κ2) is 9.56. The van der Waals surface area contributed by atoms with Crippen molar-refractivity contribution in [2.45, 2.75) is 27.0 Å². The average molecular weight is 362 g/mol. The third-order valence-electron chi connectivity index (χ3n) is 3.78. The molecular weight excluding hydrogens is 336 g/mol. The third-order valence-corrected chi connectivity index (χ3v) is 5.19. The van der Waals surface area contributed by atoms with Gasteiger partial charge in [0.25, 0.3) is 0 Å². The SMILES string of the molecule is CCS(=O)(=O)NCCNCc1ccc(OCc2ccc(C)cc2)cc1. The minimum atomic E-state index is -3.11. The Morgan fingerprint density at radius 3 is 2.20 bits per heavy atom. The van der Waals surface area contributed by atoms with Gasteiger partial charge in [-0.05, 0) is 37.1 Å². The van der Waals surface area contributed by atoms with Crippen molar-refractivity contribution in [1.82, 2.24) is 10.0 Å². The van der Waals surface area contributed by atoms with Crippen LogP contribution in [0.4, 0.5) is 0 Å². The highest BCUT2D eigenvalue weighted by molar-refractivity contribution is 7.89. The van der Waals surface area contributed by atoms with E-state index in [0.717, 1.165) is 16.9 Å². The summed E-state index contributed by atoms with van der Waals surface area (Å²) in [5, 5.41) is 3.21. The lowest BCUT2D eigenvalue weighted by Crippen LogP contribution is -2.32. The molecule has 0 fully saturated rings. The Hall–Kier alpha value is -1.89. The van der Waals surface area contributed by atoms with Gasteiger partial charge in [-0.1, -0.05) is 42.0 Å². The molecule has 0 spiro atoms. The molecule has 0 bridgehead atoms. The quantitative estimate of drug-likeness (QED) is 0.638. The number of benzene rings is 2. The fourth-order valence-electron chi connectivity index (χ4n) is 2.18. The Labute approximate surface area is 150 Å². The Kier molecular flexibility index (Phi) is 7.43. The van der Waals surface area contributed by atoms with E-state index < -0.39 is 10.0 Å². The first kappa shape index (κ1) is 19.4. The largest absolute Gasteiger partial charge is 0.489 e. The van der Waals surface area contributed by atoms with E-state index in [0.29, 0.717) is 26.2 Å². The maximum absolute atomic E-state index is 11.3. The molecule has 0 unspecified atom stereocenters. The molecule has 0 saturated carbocycles. The minimum absolute atomic E-state index is 0.108. The van der Waals surface area contributed by atoms with E-state index in [1.54, 1.807) is 6.92 Å². The number of hydrogen-bond acceptors (Lipinski definition) is 4. The van der Waals surface area contributed by atoms with Crippen molar-refractivity contribution < 1.29 is 13.2 Å². The summed E-state index contributed by atoms with van der Waals surface area (Å²) in [6, 6.07) is 16.2. The van der Waals surface area contributed by atoms with E-state index in [2.05, 4.69) is 41.2 Å². The molecule has 0 radical (unpaired) electrons.